The predicted molar refractivity (Wildman–Crippen MR) is 81.7 cm³/mol. The van der Waals surface area contributed by atoms with Gasteiger partial charge in [0.25, 0.3) is 0 Å². The number of piperidine rings is 1. The molecule has 1 heterocycles. The van der Waals surface area contributed by atoms with Gasteiger partial charge in [-0.2, -0.15) is 0 Å². The quantitative estimate of drug-likeness (QED) is 0.617. The van der Waals surface area contributed by atoms with Crippen LogP contribution in [0.4, 0.5) is 0 Å². The molecule has 1 aromatic rings. The van der Waals surface area contributed by atoms with Gasteiger partial charge in [0, 0.05) is 13.1 Å². The van der Waals surface area contributed by atoms with Gasteiger partial charge in [-0.1, -0.05) is 24.3 Å². The lowest BCUT2D eigenvalue weighted by Gasteiger charge is -2.46. The van der Waals surface area contributed by atoms with E-state index >= 15 is 0 Å². The van der Waals surface area contributed by atoms with Crippen molar-refractivity contribution in [2.24, 2.45) is 5.41 Å². The second-order valence-electron chi connectivity index (χ2n) is 5.79. The SMILES string of the molecule is CCOC(=O)C12Cc3ccccc3C(CN(C)C1)C2=O.Cl. The Labute approximate surface area is 130 Å². The van der Waals surface area contributed by atoms with Crippen LogP contribution < -0.4 is 0 Å². The van der Waals surface area contributed by atoms with Crippen molar-refractivity contribution in [2.45, 2.75) is 19.3 Å². The maximum atomic E-state index is 12.8. The van der Waals surface area contributed by atoms with Crippen LogP contribution in [-0.4, -0.2) is 43.4 Å². The largest absolute Gasteiger partial charge is 0.465 e. The molecule has 21 heavy (non-hydrogen) atoms. The number of rotatable bonds is 2. The number of ketones is 1. The minimum atomic E-state index is -1.01. The number of Topliss-reactive ketones (excluding diaryl/α,β-unsaturated/α-hetero) is 1. The van der Waals surface area contributed by atoms with Crippen molar-refractivity contribution in [3.8, 4) is 0 Å². The van der Waals surface area contributed by atoms with Gasteiger partial charge in [-0.3, -0.25) is 9.59 Å². The van der Waals surface area contributed by atoms with E-state index in [1.807, 2.05) is 31.3 Å². The lowest BCUT2D eigenvalue weighted by Crippen LogP contribution is -2.59. The Morgan fingerprint density at radius 2 is 2.14 bits per heavy atom. The fourth-order valence-corrected chi connectivity index (χ4v) is 3.58. The Hall–Kier alpha value is -1.39. The van der Waals surface area contributed by atoms with Crippen molar-refractivity contribution in [3.05, 3.63) is 35.4 Å². The molecule has 0 saturated carbocycles. The van der Waals surface area contributed by atoms with E-state index in [-0.39, 0.29) is 30.1 Å². The second kappa shape index (κ2) is 5.78. The van der Waals surface area contributed by atoms with E-state index in [1.54, 1.807) is 6.92 Å². The topological polar surface area (TPSA) is 46.6 Å². The number of esters is 1. The summed E-state index contributed by atoms with van der Waals surface area (Å²) in [6.45, 7) is 3.22. The summed E-state index contributed by atoms with van der Waals surface area (Å²) in [5.74, 6) is -0.535. The van der Waals surface area contributed by atoms with E-state index in [9.17, 15) is 9.59 Å². The van der Waals surface area contributed by atoms with Gasteiger partial charge in [-0.05, 0) is 31.5 Å². The number of hydrogen-bond acceptors (Lipinski definition) is 4. The monoisotopic (exact) mass is 309 g/mol. The van der Waals surface area contributed by atoms with E-state index in [2.05, 4.69) is 4.90 Å². The van der Waals surface area contributed by atoms with E-state index in [0.717, 1.165) is 11.1 Å². The van der Waals surface area contributed by atoms with Crippen molar-refractivity contribution in [1.29, 1.82) is 0 Å². The molecule has 4 nitrogen and oxygen atoms in total. The highest BCUT2D eigenvalue weighted by Crippen LogP contribution is 2.44. The molecule has 1 fully saturated rings. The average Bonchev–Trinajstić information content (AvgIpc) is 2.41. The fraction of sp³-hybridized carbons (Fsp3) is 0.500. The van der Waals surface area contributed by atoms with Crippen molar-refractivity contribution in [2.75, 3.05) is 26.7 Å². The molecule has 1 aliphatic carbocycles. The van der Waals surface area contributed by atoms with Gasteiger partial charge in [-0.15, -0.1) is 12.4 Å². The number of nitrogens with zero attached hydrogens (tertiary/aromatic N) is 1. The van der Waals surface area contributed by atoms with Crippen LogP contribution in [0.3, 0.4) is 0 Å². The number of likely N-dealkylation sites (N-methyl/N-ethyl adjacent to an activating group) is 1. The van der Waals surface area contributed by atoms with E-state index in [1.165, 1.54) is 0 Å². The average molecular weight is 310 g/mol. The summed E-state index contributed by atoms with van der Waals surface area (Å²) >= 11 is 0. The lowest BCUT2D eigenvalue weighted by atomic mass is 9.63. The van der Waals surface area contributed by atoms with Crippen LogP contribution in [0.2, 0.25) is 0 Å². The fourth-order valence-electron chi connectivity index (χ4n) is 3.58. The van der Waals surface area contributed by atoms with Crippen molar-refractivity contribution in [3.63, 3.8) is 0 Å². The molecule has 2 bridgehead atoms. The summed E-state index contributed by atoms with van der Waals surface area (Å²) in [5.41, 5.74) is 1.17. The summed E-state index contributed by atoms with van der Waals surface area (Å²) in [6.07, 6.45) is 0.460. The zero-order valence-electron chi connectivity index (χ0n) is 12.3. The van der Waals surface area contributed by atoms with Crippen LogP contribution in [-0.2, 0) is 20.7 Å². The first-order valence-corrected chi connectivity index (χ1v) is 7.06. The Bertz CT molecular complexity index is 574. The molecule has 2 aliphatic rings. The van der Waals surface area contributed by atoms with Crippen molar-refractivity contribution in [1.82, 2.24) is 4.90 Å². The third-order valence-corrected chi connectivity index (χ3v) is 4.41. The normalized spacial score (nSPS) is 27.5. The summed E-state index contributed by atoms with van der Waals surface area (Å²) in [5, 5.41) is 0. The van der Waals surface area contributed by atoms with Gasteiger partial charge in [0.05, 0.1) is 12.5 Å². The highest BCUT2D eigenvalue weighted by Gasteiger charge is 2.56. The van der Waals surface area contributed by atoms with Crippen molar-refractivity contribution >= 4 is 24.2 Å². The molecule has 0 radical (unpaired) electrons. The highest BCUT2D eigenvalue weighted by atomic mass is 35.5. The Morgan fingerprint density at radius 1 is 1.43 bits per heavy atom. The molecule has 0 N–H and O–H groups in total. The number of halogens is 1. The lowest BCUT2D eigenvalue weighted by molar-refractivity contribution is -0.165. The maximum absolute atomic E-state index is 12.8. The zero-order chi connectivity index (χ0) is 14.3. The van der Waals surface area contributed by atoms with E-state index in [4.69, 9.17) is 4.74 Å². The molecule has 114 valence electrons. The third kappa shape index (κ3) is 2.36. The van der Waals surface area contributed by atoms with Gasteiger partial charge >= 0.3 is 5.97 Å². The first-order valence-electron chi connectivity index (χ1n) is 7.06. The zero-order valence-corrected chi connectivity index (χ0v) is 13.1. The molecular formula is C16H20ClNO3. The highest BCUT2D eigenvalue weighted by molar-refractivity contribution is 6.09. The molecule has 1 saturated heterocycles. The summed E-state index contributed by atoms with van der Waals surface area (Å²) in [6, 6.07) is 7.95. The molecule has 1 aliphatic heterocycles. The number of carbonyl (C=O) groups excluding carboxylic acids is 2. The first-order chi connectivity index (χ1) is 9.58. The summed E-state index contributed by atoms with van der Waals surface area (Å²) in [4.78, 5) is 27.3. The summed E-state index contributed by atoms with van der Waals surface area (Å²) in [7, 11) is 1.96. The van der Waals surface area contributed by atoms with Crippen LogP contribution >= 0.6 is 12.4 Å². The Morgan fingerprint density at radius 3 is 2.86 bits per heavy atom. The van der Waals surface area contributed by atoms with E-state index < -0.39 is 5.41 Å². The van der Waals surface area contributed by atoms with Gasteiger partial charge < -0.3 is 9.64 Å². The predicted octanol–water partition coefficient (Wildman–Crippen LogP) is 1.81. The molecule has 2 unspecified atom stereocenters. The minimum Gasteiger partial charge on any atom is -0.465 e. The van der Waals surface area contributed by atoms with Crippen LogP contribution in [0.25, 0.3) is 0 Å². The number of fused-ring (bicyclic) bond motifs is 4. The molecule has 2 atom stereocenters. The number of benzene rings is 1. The second-order valence-corrected chi connectivity index (χ2v) is 5.79. The van der Waals surface area contributed by atoms with Gasteiger partial charge in [-0.25, -0.2) is 0 Å². The van der Waals surface area contributed by atoms with Gasteiger partial charge in [0.2, 0.25) is 0 Å². The molecule has 5 heteroatoms. The Balaban J connectivity index is 0.00000161. The molecule has 0 aromatic heterocycles. The Kier molecular flexibility index (Phi) is 4.40. The number of ether oxygens (including phenoxy) is 1. The molecule has 1 aromatic carbocycles. The standard InChI is InChI=1S/C16H19NO3.ClH/c1-3-20-15(19)16-8-11-6-4-5-7-12(11)13(14(16)18)9-17(2)10-16;/h4-7,13H,3,8-10H2,1-2H3;1H. The minimum absolute atomic E-state index is 0. The third-order valence-electron chi connectivity index (χ3n) is 4.41. The molecule has 0 amide bonds. The smallest absolute Gasteiger partial charge is 0.321 e. The van der Waals surface area contributed by atoms with Crippen LogP contribution in [0.1, 0.15) is 24.0 Å². The summed E-state index contributed by atoms with van der Waals surface area (Å²) < 4.78 is 5.21. The maximum Gasteiger partial charge on any atom is 0.321 e. The van der Waals surface area contributed by atoms with Crippen LogP contribution in [0.15, 0.2) is 24.3 Å². The number of likely N-dealkylation sites (tertiary alicyclic amines) is 1. The van der Waals surface area contributed by atoms with Gasteiger partial charge in [0.1, 0.15) is 5.41 Å². The molecule has 0 spiro atoms. The van der Waals surface area contributed by atoms with Crippen molar-refractivity contribution < 1.29 is 14.3 Å². The number of carbonyl (C=O) groups is 2. The van der Waals surface area contributed by atoms with Crippen LogP contribution in [0.5, 0.6) is 0 Å². The van der Waals surface area contributed by atoms with Crippen LogP contribution in [0, 0.1) is 5.41 Å². The van der Waals surface area contributed by atoms with Gasteiger partial charge in [0.15, 0.2) is 5.78 Å². The van der Waals surface area contributed by atoms with E-state index in [0.29, 0.717) is 26.1 Å². The molecular weight excluding hydrogens is 290 g/mol. The first kappa shape index (κ1) is 16.0. The molecule has 3 rings (SSSR count). The number of hydrogen-bond donors (Lipinski definition) is 0.